The molecule has 4 aromatic carbocycles. The molecule has 6 aromatic rings. The van der Waals surface area contributed by atoms with Crippen molar-refractivity contribution in [3.05, 3.63) is 144 Å². The molecule has 1 aliphatic rings. The molecule has 1 aliphatic heterocycles. The van der Waals surface area contributed by atoms with E-state index in [2.05, 4.69) is 47.2 Å². The van der Waals surface area contributed by atoms with E-state index in [9.17, 15) is 38.7 Å². The van der Waals surface area contributed by atoms with Crippen molar-refractivity contribution in [2.24, 2.45) is 11.5 Å². The SMILES string of the molecule is CC(=O)O.C[C@@H](O)[C@@H]1NC(=O)[C@H](CCCCN)NC(=O)[C@@H](Cc2c[nH]c3ccccc23)NC(=O)[C@H](Cc2c[nH]c3ccccc23)NC(=O)[C@H](Cc2ccccc2)NC(=O)CCCNC(=O)CCCN(CC(N)=O)C(=O)[C@H](Cc2ccccc2)NC1=O. The summed E-state index contributed by atoms with van der Waals surface area (Å²) in [5, 5.41) is 39.6. The summed E-state index contributed by atoms with van der Waals surface area (Å²) in [7, 11) is 0. The Balaban J connectivity index is 0.00000286. The van der Waals surface area contributed by atoms with Crippen molar-refractivity contribution in [2.75, 3.05) is 26.2 Å². The van der Waals surface area contributed by atoms with Gasteiger partial charge in [-0.25, -0.2) is 0 Å². The number of benzene rings is 4. The number of carboxylic acids is 1. The second kappa shape index (κ2) is 33.2. The van der Waals surface area contributed by atoms with Gasteiger partial charge in [0.1, 0.15) is 36.3 Å². The van der Waals surface area contributed by atoms with E-state index in [0.29, 0.717) is 35.1 Å². The molecular formula is C62H78N12O12. The first-order valence-corrected chi connectivity index (χ1v) is 28.7. The molecule has 3 heterocycles. The number of nitrogens with one attached hydrogen (secondary N) is 9. The number of nitrogens with zero attached hydrogens (tertiary/aromatic N) is 1. The quantitative estimate of drug-likeness (QED) is 0.0649. The van der Waals surface area contributed by atoms with E-state index in [1.165, 1.54) is 6.92 Å². The highest BCUT2D eigenvalue weighted by atomic mass is 16.4. The van der Waals surface area contributed by atoms with Crippen molar-refractivity contribution in [3.8, 4) is 0 Å². The molecule has 1 fully saturated rings. The van der Waals surface area contributed by atoms with Crippen LogP contribution in [0.2, 0.25) is 0 Å². The van der Waals surface area contributed by atoms with Gasteiger partial charge in [0.15, 0.2) is 0 Å². The van der Waals surface area contributed by atoms with E-state index >= 15 is 9.59 Å². The van der Waals surface area contributed by atoms with E-state index in [4.69, 9.17) is 21.4 Å². The van der Waals surface area contributed by atoms with Crippen LogP contribution in [0.5, 0.6) is 0 Å². The lowest BCUT2D eigenvalue weighted by Gasteiger charge is -2.30. The summed E-state index contributed by atoms with van der Waals surface area (Å²) in [6.07, 6.45) is 2.46. The Bertz CT molecular complexity index is 3270. The Morgan fingerprint density at radius 3 is 1.53 bits per heavy atom. The Morgan fingerprint density at radius 1 is 0.570 bits per heavy atom. The number of unbranched alkanes of at least 4 members (excludes halogenated alkanes) is 1. The van der Waals surface area contributed by atoms with Crippen LogP contribution in [0.15, 0.2) is 122 Å². The molecule has 0 bridgehead atoms. The molecule has 0 saturated carbocycles. The smallest absolute Gasteiger partial charge is 0.300 e. The van der Waals surface area contributed by atoms with Crippen LogP contribution in [0.1, 0.15) is 81.0 Å². The summed E-state index contributed by atoms with van der Waals surface area (Å²) < 4.78 is 0. The van der Waals surface area contributed by atoms with Gasteiger partial charge in [-0.05, 0) is 80.0 Å². The van der Waals surface area contributed by atoms with Gasteiger partial charge in [0.05, 0.1) is 12.6 Å². The third-order valence-corrected chi connectivity index (χ3v) is 14.3. The first kappa shape index (κ1) is 65.7. The summed E-state index contributed by atoms with van der Waals surface area (Å²) in [6, 6.07) is 24.1. The topological polar surface area (TPSA) is 382 Å². The van der Waals surface area contributed by atoms with E-state index < -0.39 is 108 Å². The van der Waals surface area contributed by atoms with Gasteiger partial charge >= 0.3 is 0 Å². The van der Waals surface area contributed by atoms with Crippen LogP contribution in [-0.2, 0) is 73.6 Å². The lowest BCUT2D eigenvalue weighted by atomic mass is 10.00. The van der Waals surface area contributed by atoms with Crippen molar-refractivity contribution in [1.29, 1.82) is 0 Å². The van der Waals surface area contributed by atoms with E-state index in [0.717, 1.165) is 33.6 Å². The minimum absolute atomic E-state index is 0.000336. The molecule has 24 heteroatoms. The van der Waals surface area contributed by atoms with Crippen molar-refractivity contribution in [3.63, 3.8) is 0 Å². The maximum atomic E-state index is 15.1. The van der Waals surface area contributed by atoms with Crippen molar-refractivity contribution in [1.82, 2.24) is 52.1 Å². The average Bonchev–Trinajstić information content (AvgIpc) is 3.57. The highest BCUT2D eigenvalue weighted by molar-refractivity contribution is 5.98. The van der Waals surface area contributed by atoms with Crippen LogP contribution in [0.25, 0.3) is 21.8 Å². The number of H-pyrrole nitrogens is 2. The number of aromatic amines is 2. The molecule has 2 aromatic heterocycles. The number of rotatable bonds is 15. The number of carboxylic acid groups (broad SMARTS) is 1. The fraction of sp³-hybridized carbons (Fsp3) is 0.387. The van der Waals surface area contributed by atoms with Gasteiger partial charge in [-0.1, -0.05) is 97.1 Å². The zero-order valence-corrected chi connectivity index (χ0v) is 48.3. The molecule has 458 valence electrons. The number of aliphatic hydroxyl groups is 1. The normalized spacial score (nSPS) is 20.7. The summed E-state index contributed by atoms with van der Waals surface area (Å²) in [4.78, 5) is 144. The predicted molar refractivity (Wildman–Crippen MR) is 321 cm³/mol. The highest BCUT2D eigenvalue weighted by Crippen LogP contribution is 2.22. The Kier molecular flexibility index (Phi) is 25.4. The Labute approximate surface area is 497 Å². The first-order valence-electron chi connectivity index (χ1n) is 28.7. The van der Waals surface area contributed by atoms with Gasteiger partial charge in [-0.2, -0.15) is 0 Å². The van der Waals surface area contributed by atoms with Crippen molar-refractivity contribution >= 4 is 80.9 Å². The highest BCUT2D eigenvalue weighted by Gasteiger charge is 2.37. The number of hydrogen-bond donors (Lipinski definition) is 13. The average molecular weight is 1180 g/mol. The fourth-order valence-electron chi connectivity index (χ4n) is 10.0. The zero-order chi connectivity index (χ0) is 62.1. The number of primary amides is 1. The van der Waals surface area contributed by atoms with Gasteiger partial charge in [-0.3, -0.25) is 47.9 Å². The predicted octanol–water partition coefficient (Wildman–Crippen LogP) is 1.43. The molecular weight excluding hydrogens is 1100 g/mol. The number of carbonyl (C=O) groups is 10. The van der Waals surface area contributed by atoms with Gasteiger partial charge in [0.2, 0.25) is 53.2 Å². The maximum Gasteiger partial charge on any atom is 0.300 e. The second-order valence-electron chi connectivity index (χ2n) is 21.2. The monoisotopic (exact) mass is 1180 g/mol. The van der Waals surface area contributed by atoms with Crippen molar-refractivity contribution < 1.29 is 58.2 Å². The van der Waals surface area contributed by atoms with Crippen LogP contribution in [-0.4, -0.2) is 153 Å². The maximum absolute atomic E-state index is 15.1. The van der Waals surface area contributed by atoms with E-state index in [-0.39, 0.29) is 77.4 Å². The van der Waals surface area contributed by atoms with Gasteiger partial charge in [0, 0.05) is 92.7 Å². The zero-order valence-electron chi connectivity index (χ0n) is 48.3. The number of nitrogens with two attached hydrogens (primary N) is 2. The lowest BCUT2D eigenvalue weighted by molar-refractivity contribution is -0.140. The summed E-state index contributed by atoms with van der Waals surface area (Å²) >= 11 is 0. The minimum Gasteiger partial charge on any atom is -0.481 e. The molecule has 7 atom stereocenters. The molecule has 86 heavy (non-hydrogen) atoms. The summed E-state index contributed by atoms with van der Waals surface area (Å²) in [6.45, 7) is 1.98. The molecule has 0 unspecified atom stereocenters. The molecule has 0 aliphatic carbocycles. The number of fused-ring (bicyclic) bond motifs is 2. The van der Waals surface area contributed by atoms with Gasteiger partial charge in [0.25, 0.3) is 5.97 Å². The first-order chi connectivity index (χ1) is 41.3. The molecule has 15 N–H and O–H groups in total. The lowest BCUT2D eigenvalue weighted by Crippen LogP contribution is -2.62. The standard InChI is InChI=1S/C60H74N12O10.C2H4O2/c1-37(73)54-59(81)70-50(31-39-18-6-3-7-19-39)60(82)72(36-51(62)74)29-15-26-52(75)63-28-14-25-53(76)66-47(30-38-16-4-2-5-17-38)56(78)68-49(33-41-35-65-45-23-11-9-21-43(41)45)58(80)69-48(32-40-34-64-44-22-10-8-20-42(40)44)57(79)67-46(55(77)71-54)24-12-13-27-61;1-2(3)4/h2-11,16-23,34-35,37,46-50,54,64-65,73H,12-15,24-33,36,61H2,1H3,(H2,62,74)(H,63,75)(H,66,76)(H,67,79)(H,68,78)(H,69,80)(H,70,81)(H,71,77);1H3,(H,3,4)/t37-,46+,47+,48-,49+,50+,54+;/m1./s1. The molecule has 24 nitrogen and oxygen atoms in total. The van der Waals surface area contributed by atoms with E-state index in [1.807, 2.05) is 54.6 Å². The largest absolute Gasteiger partial charge is 0.481 e. The minimum atomic E-state index is -1.70. The van der Waals surface area contributed by atoms with Crippen LogP contribution in [0.4, 0.5) is 0 Å². The fourth-order valence-corrected chi connectivity index (χ4v) is 10.0. The van der Waals surface area contributed by atoms with E-state index in [1.54, 1.807) is 67.0 Å². The van der Waals surface area contributed by atoms with Crippen LogP contribution in [0, 0.1) is 0 Å². The molecule has 0 spiro atoms. The summed E-state index contributed by atoms with van der Waals surface area (Å²) in [5.41, 5.74) is 15.6. The third-order valence-electron chi connectivity index (χ3n) is 14.3. The Hall–Kier alpha value is -9.42. The van der Waals surface area contributed by atoms with Gasteiger partial charge < -0.3 is 73.8 Å². The Morgan fingerprint density at radius 2 is 1.02 bits per heavy atom. The van der Waals surface area contributed by atoms with Crippen molar-refractivity contribution in [2.45, 2.75) is 127 Å². The number of aliphatic carboxylic acids is 1. The van der Waals surface area contributed by atoms with Gasteiger partial charge in [-0.15, -0.1) is 0 Å². The number of carbonyl (C=O) groups excluding carboxylic acids is 9. The van der Waals surface area contributed by atoms with Crippen LogP contribution < -0.4 is 48.7 Å². The second-order valence-corrected chi connectivity index (χ2v) is 21.2. The molecule has 9 amide bonds. The third kappa shape index (κ3) is 20.4. The number of hydrogen-bond acceptors (Lipinski definition) is 12. The number of amides is 9. The van der Waals surface area contributed by atoms with Crippen LogP contribution in [0.3, 0.4) is 0 Å². The molecule has 0 radical (unpaired) electrons. The van der Waals surface area contributed by atoms with Crippen LogP contribution >= 0.6 is 0 Å². The number of aromatic nitrogens is 2. The summed E-state index contributed by atoms with van der Waals surface area (Å²) in [5.74, 6) is -7.46. The molecule has 1 saturated heterocycles. The molecule has 7 rings (SSSR count). The number of aliphatic hydroxyl groups excluding tert-OH is 1. The number of para-hydroxylation sites is 2.